The van der Waals surface area contributed by atoms with Gasteiger partial charge in [-0.3, -0.25) is 0 Å². The van der Waals surface area contributed by atoms with Gasteiger partial charge in [0.15, 0.2) is 0 Å². The van der Waals surface area contributed by atoms with E-state index in [0.29, 0.717) is 11.1 Å². The van der Waals surface area contributed by atoms with Gasteiger partial charge in [-0.2, -0.15) is 0 Å². The van der Waals surface area contributed by atoms with Crippen LogP contribution in [0, 0.1) is 13.8 Å². The Morgan fingerprint density at radius 2 is 1.53 bits per heavy atom. The molecule has 0 unspecified atom stereocenters. The van der Waals surface area contributed by atoms with Crippen molar-refractivity contribution >= 4 is 0 Å². The van der Waals surface area contributed by atoms with E-state index in [2.05, 4.69) is 0 Å². The predicted molar refractivity (Wildman–Crippen MR) is 66.3 cm³/mol. The first-order chi connectivity index (χ1) is 8.02. The molecule has 0 atom stereocenters. The summed E-state index contributed by atoms with van der Waals surface area (Å²) >= 11 is 0. The smallest absolute Gasteiger partial charge is 0.130 e. The zero-order valence-corrected chi connectivity index (χ0v) is 9.73. The summed E-state index contributed by atoms with van der Waals surface area (Å²) in [5.41, 5.74) is 2.19. The normalized spacial score (nSPS) is 10.5. The molecule has 0 aliphatic heterocycles. The van der Waals surface area contributed by atoms with E-state index < -0.39 is 0 Å². The molecule has 0 aliphatic carbocycles. The fourth-order valence-corrected chi connectivity index (χ4v) is 1.83. The van der Waals surface area contributed by atoms with Crippen molar-refractivity contribution in [2.45, 2.75) is 13.8 Å². The van der Waals surface area contributed by atoms with Gasteiger partial charge in [-0.15, -0.1) is 0 Å². The maximum atomic E-state index is 10.1. The number of phenols is 3. The van der Waals surface area contributed by atoms with E-state index in [-0.39, 0.29) is 22.8 Å². The summed E-state index contributed by atoms with van der Waals surface area (Å²) in [7, 11) is 0. The quantitative estimate of drug-likeness (QED) is 0.705. The Morgan fingerprint density at radius 1 is 0.882 bits per heavy atom. The lowest BCUT2D eigenvalue weighted by Gasteiger charge is -2.13. The Kier molecular flexibility index (Phi) is 2.68. The monoisotopic (exact) mass is 230 g/mol. The summed E-state index contributed by atoms with van der Waals surface area (Å²) in [6.07, 6.45) is 0. The van der Waals surface area contributed by atoms with E-state index in [1.165, 1.54) is 6.07 Å². The van der Waals surface area contributed by atoms with Crippen LogP contribution in [-0.4, -0.2) is 15.3 Å². The molecule has 0 saturated heterocycles. The summed E-state index contributed by atoms with van der Waals surface area (Å²) in [5, 5.41) is 29.7. The van der Waals surface area contributed by atoms with Crippen LogP contribution in [0.1, 0.15) is 11.1 Å². The third-order valence-corrected chi connectivity index (χ3v) is 2.97. The van der Waals surface area contributed by atoms with Crippen LogP contribution >= 0.6 is 0 Å². The number of hydrogen-bond acceptors (Lipinski definition) is 3. The maximum absolute atomic E-state index is 10.1. The highest BCUT2D eigenvalue weighted by molar-refractivity contribution is 5.82. The lowest BCUT2D eigenvalue weighted by atomic mass is 9.97. The summed E-state index contributed by atoms with van der Waals surface area (Å²) in [6.45, 7) is 3.58. The molecule has 2 aromatic carbocycles. The standard InChI is InChI=1S/C14H14O3/c1-8-7-12(16)13(14(17)9(8)2)10-5-3-4-6-11(10)15/h3-7,15-17H,1-2H3. The third-order valence-electron chi connectivity index (χ3n) is 2.97. The molecule has 0 bridgehead atoms. The number of para-hydroxylation sites is 1. The number of rotatable bonds is 1. The second-order valence-corrected chi connectivity index (χ2v) is 4.08. The largest absolute Gasteiger partial charge is 0.507 e. The molecule has 0 aromatic heterocycles. The second kappa shape index (κ2) is 4.01. The highest BCUT2D eigenvalue weighted by Gasteiger charge is 2.16. The number of aryl methyl sites for hydroxylation is 1. The molecule has 0 spiro atoms. The molecule has 0 fully saturated rings. The highest BCUT2D eigenvalue weighted by Crippen LogP contribution is 2.43. The van der Waals surface area contributed by atoms with Gasteiger partial charge < -0.3 is 15.3 Å². The van der Waals surface area contributed by atoms with Crippen molar-refractivity contribution in [3.8, 4) is 28.4 Å². The van der Waals surface area contributed by atoms with Gasteiger partial charge in [0.1, 0.15) is 17.2 Å². The summed E-state index contributed by atoms with van der Waals surface area (Å²) < 4.78 is 0. The molecule has 0 amide bonds. The Hall–Kier alpha value is -2.16. The number of aromatic hydroxyl groups is 3. The minimum atomic E-state index is -0.0351. The SMILES string of the molecule is Cc1cc(O)c(-c2ccccc2O)c(O)c1C. The van der Waals surface area contributed by atoms with Crippen LogP contribution in [0.25, 0.3) is 11.1 Å². The first-order valence-electron chi connectivity index (χ1n) is 5.33. The van der Waals surface area contributed by atoms with Crippen molar-refractivity contribution in [2.24, 2.45) is 0 Å². The van der Waals surface area contributed by atoms with Crippen LogP contribution in [0.5, 0.6) is 17.2 Å². The fourth-order valence-electron chi connectivity index (χ4n) is 1.83. The first-order valence-corrected chi connectivity index (χ1v) is 5.33. The van der Waals surface area contributed by atoms with Crippen LogP contribution in [0.4, 0.5) is 0 Å². The van der Waals surface area contributed by atoms with E-state index in [1.54, 1.807) is 31.2 Å². The zero-order chi connectivity index (χ0) is 12.6. The fraction of sp³-hybridized carbons (Fsp3) is 0.143. The second-order valence-electron chi connectivity index (χ2n) is 4.08. The van der Waals surface area contributed by atoms with Crippen molar-refractivity contribution in [2.75, 3.05) is 0 Å². The lowest BCUT2D eigenvalue weighted by molar-refractivity contribution is 0.447. The van der Waals surface area contributed by atoms with Crippen molar-refractivity contribution in [1.82, 2.24) is 0 Å². The predicted octanol–water partition coefficient (Wildman–Crippen LogP) is 3.09. The number of benzene rings is 2. The Bertz CT molecular complexity index is 574. The number of phenolic OH excluding ortho intramolecular Hbond substituents is 3. The average molecular weight is 230 g/mol. The van der Waals surface area contributed by atoms with Gasteiger partial charge >= 0.3 is 0 Å². The van der Waals surface area contributed by atoms with Crippen LogP contribution in [0.3, 0.4) is 0 Å². The van der Waals surface area contributed by atoms with Crippen molar-refractivity contribution in [3.63, 3.8) is 0 Å². The van der Waals surface area contributed by atoms with Crippen LogP contribution in [-0.2, 0) is 0 Å². The first kappa shape index (κ1) is 11.3. The summed E-state index contributed by atoms with van der Waals surface area (Å²) in [5.74, 6) is -0.00236. The summed E-state index contributed by atoms with van der Waals surface area (Å²) in [6, 6.07) is 8.18. The molecule has 17 heavy (non-hydrogen) atoms. The highest BCUT2D eigenvalue weighted by atomic mass is 16.3. The van der Waals surface area contributed by atoms with E-state index in [1.807, 2.05) is 6.92 Å². The topological polar surface area (TPSA) is 60.7 Å². The molecule has 0 radical (unpaired) electrons. The van der Waals surface area contributed by atoms with Crippen molar-refractivity contribution < 1.29 is 15.3 Å². The minimum absolute atomic E-state index is 0.00370. The molecule has 3 nitrogen and oxygen atoms in total. The number of hydrogen-bond donors (Lipinski definition) is 3. The van der Waals surface area contributed by atoms with Crippen molar-refractivity contribution in [3.05, 3.63) is 41.5 Å². The van der Waals surface area contributed by atoms with E-state index in [4.69, 9.17) is 0 Å². The Morgan fingerprint density at radius 3 is 2.18 bits per heavy atom. The van der Waals surface area contributed by atoms with E-state index >= 15 is 0 Å². The van der Waals surface area contributed by atoms with Crippen molar-refractivity contribution in [1.29, 1.82) is 0 Å². The van der Waals surface area contributed by atoms with Gasteiger partial charge in [0, 0.05) is 5.56 Å². The molecule has 0 saturated carbocycles. The maximum Gasteiger partial charge on any atom is 0.130 e. The Labute approximate surface area is 99.6 Å². The van der Waals surface area contributed by atoms with Gasteiger partial charge in [0.05, 0.1) is 5.56 Å². The molecule has 88 valence electrons. The van der Waals surface area contributed by atoms with E-state index in [9.17, 15) is 15.3 Å². The molecule has 2 aromatic rings. The van der Waals surface area contributed by atoms with Crippen LogP contribution in [0.2, 0.25) is 0 Å². The molecule has 3 heteroatoms. The molecular formula is C14H14O3. The molecule has 3 N–H and O–H groups in total. The lowest BCUT2D eigenvalue weighted by Crippen LogP contribution is -1.88. The average Bonchev–Trinajstić information content (AvgIpc) is 2.29. The van der Waals surface area contributed by atoms with Crippen LogP contribution < -0.4 is 0 Å². The van der Waals surface area contributed by atoms with Crippen LogP contribution in [0.15, 0.2) is 30.3 Å². The van der Waals surface area contributed by atoms with Gasteiger partial charge in [-0.05, 0) is 37.1 Å². The van der Waals surface area contributed by atoms with Gasteiger partial charge in [-0.25, -0.2) is 0 Å². The minimum Gasteiger partial charge on any atom is -0.507 e. The Balaban J connectivity index is 2.77. The van der Waals surface area contributed by atoms with Gasteiger partial charge in [-0.1, -0.05) is 18.2 Å². The molecule has 0 aliphatic rings. The van der Waals surface area contributed by atoms with Gasteiger partial charge in [0.25, 0.3) is 0 Å². The zero-order valence-electron chi connectivity index (χ0n) is 9.73. The van der Waals surface area contributed by atoms with E-state index in [0.717, 1.165) is 5.56 Å². The summed E-state index contributed by atoms with van der Waals surface area (Å²) in [4.78, 5) is 0. The van der Waals surface area contributed by atoms with Gasteiger partial charge in [0.2, 0.25) is 0 Å². The third kappa shape index (κ3) is 1.80. The molecule has 0 heterocycles. The molecular weight excluding hydrogens is 216 g/mol. The molecule has 2 rings (SSSR count).